The second kappa shape index (κ2) is 4.82. The predicted octanol–water partition coefficient (Wildman–Crippen LogP) is 2.32. The lowest BCUT2D eigenvalue weighted by atomic mass is 9.82. The number of carboxylic acids is 1. The molecule has 1 heterocycles. The second-order valence-corrected chi connectivity index (χ2v) is 4.92. The van der Waals surface area contributed by atoms with Gasteiger partial charge in [-0.05, 0) is 17.5 Å². The lowest BCUT2D eigenvalue weighted by Crippen LogP contribution is -2.38. The number of nitrogens with two attached hydrogens (primary N) is 1. The zero-order chi connectivity index (χ0) is 13.3. The van der Waals surface area contributed by atoms with Crippen LogP contribution in [0.15, 0.2) is 30.5 Å². The molecule has 4 heteroatoms. The van der Waals surface area contributed by atoms with E-state index in [4.69, 9.17) is 10.8 Å². The van der Waals surface area contributed by atoms with E-state index < -0.39 is 12.0 Å². The highest BCUT2D eigenvalue weighted by atomic mass is 16.4. The smallest absolute Gasteiger partial charge is 0.321 e. The molecule has 2 rings (SSSR count). The van der Waals surface area contributed by atoms with Gasteiger partial charge in [0.05, 0.1) is 0 Å². The van der Waals surface area contributed by atoms with E-state index in [0.717, 1.165) is 16.5 Å². The van der Waals surface area contributed by atoms with Gasteiger partial charge in [-0.3, -0.25) is 4.79 Å². The van der Waals surface area contributed by atoms with Gasteiger partial charge in [0.2, 0.25) is 0 Å². The van der Waals surface area contributed by atoms with Crippen molar-refractivity contribution in [3.05, 3.63) is 36.0 Å². The largest absolute Gasteiger partial charge is 0.480 e. The number of H-pyrrole nitrogens is 1. The first-order chi connectivity index (χ1) is 8.52. The van der Waals surface area contributed by atoms with Crippen LogP contribution in [0.5, 0.6) is 0 Å². The maximum Gasteiger partial charge on any atom is 0.321 e. The third kappa shape index (κ3) is 2.11. The third-order valence-corrected chi connectivity index (χ3v) is 3.37. The van der Waals surface area contributed by atoms with E-state index in [0.29, 0.717) is 0 Å². The van der Waals surface area contributed by atoms with E-state index in [1.54, 1.807) is 0 Å². The highest BCUT2D eigenvalue weighted by Gasteiger charge is 2.30. The Balaban J connectivity index is 2.52. The van der Waals surface area contributed by atoms with E-state index in [1.165, 1.54) is 0 Å². The lowest BCUT2D eigenvalue weighted by Gasteiger charge is -2.24. The number of hydrogen-bond donors (Lipinski definition) is 3. The van der Waals surface area contributed by atoms with Crippen LogP contribution in [0.25, 0.3) is 10.9 Å². The summed E-state index contributed by atoms with van der Waals surface area (Å²) in [7, 11) is 0. The summed E-state index contributed by atoms with van der Waals surface area (Å²) < 4.78 is 0. The van der Waals surface area contributed by atoms with Crippen molar-refractivity contribution in [2.75, 3.05) is 0 Å². The lowest BCUT2D eigenvalue weighted by molar-refractivity contribution is -0.139. The van der Waals surface area contributed by atoms with Gasteiger partial charge in [-0.2, -0.15) is 0 Å². The maximum atomic E-state index is 11.1. The molecule has 96 valence electrons. The van der Waals surface area contributed by atoms with Crippen molar-refractivity contribution in [2.45, 2.75) is 25.8 Å². The van der Waals surface area contributed by atoms with Crippen molar-refractivity contribution in [1.82, 2.24) is 4.98 Å². The van der Waals surface area contributed by atoms with E-state index in [-0.39, 0.29) is 11.8 Å². The summed E-state index contributed by atoms with van der Waals surface area (Å²) in [6.07, 6.45) is 1.87. The average Bonchev–Trinajstić information content (AvgIpc) is 2.73. The van der Waals surface area contributed by atoms with Gasteiger partial charge in [-0.25, -0.2) is 0 Å². The van der Waals surface area contributed by atoms with Gasteiger partial charge in [0.25, 0.3) is 0 Å². The van der Waals surface area contributed by atoms with Crippen LogP contribution in [-0.2, 0) is 4.79 Å². The number of hydrogen-bond acceptors (Lipinski definition) is 2. The van der Waals surface area contributed by atoms with Gasteiger partial charge in [0.15, 0.2) is 0 Å². The van der Waals surface area contributed by atoms with Crippen molar-refractivity contribution in [2.24, 2.45) is 11.7 Å². The van der Waals surface area contributed by atoms with E-state index in [2.05, 4.69) is 4.98 Å². The van der Waals surface area contributed by atoms with Gasteiger partial charge >= 0.3 is 5.97 Å². The first-order valence-corrected chi connectivity index (χ1v) is 6.06. The fraction of sp³-hybridized carbons (Fsp3) is 0.357. The standard InChI is InChI=1S/C14H18N2O2/c1-8(2)12(13(15)14(17)18)10-7-16-11-6-4-3-5-9(10)11/h3-8,12-13,16H,15H2,1-2H3,(H,17,18)/t12-,13+/m1/s1. The Morgan fingerprint density at radius 2 is 2.00 bits per heavy atom. The summed E-state index contributed by atoms with van der Waals surface area (Å²) in [5.74, 6) is -0.993. The van der Waals surface area contributed by atoms with Crippen LogP contribution in [0.1, 0.15) is 25.3 Å². The molecular weight excluding hydrogens is 228 g/mol. The van der Waals surface area contributed by atoms with E-state index in [9.17, 15) is 4.79 Å². The molecule has 0 spiro atoms. The zero-order valence-electron chi connectivity index (χ0n) is 10.6. The average molecular weight is 246 g/mol. The summed E-state index contributed by atoms with van der Waals surface area (Å²) in [5, 5.41) is 10.2. The SMILES string of the molecule is CC(C)[C@H](c1c[nH]c2ccccc12)[C@H](N)C(=O)O. The molecule has 0 saturated carbocycles. The van der Waals surface area contributed by atoms with Crippen LogP contribution in [0, 0.1) is 5.92 Å². The first-order valence-electron chi connectivity index (χ1n) is 6.06. The summed E-state index contributed by atoms with van der Waals surface area (Å²) in [6.45, 7) is 3.99. The van der Waals surface area contributed by atoms with Crippen molar-refractivity contribution in [3.63, 3.8) is 0 Å². The molecule has 0 aliphatic rings. The Morgan fingerprint density at radius 3 is 2.61 bits per heavy atom. The van der Waals surface area contributed by atoms with Crippen molar-refractivity contribution in [1.29, 1.82) is 0 Å². The maximum absolute atomic E-state index is 11.1. The number of carbonyl (C=O) groups is 1. The van der Waals surface area contributed by atoms with Gasteiger partial charge in [-0.1, -0.05) is 32.0 Å². The number of rotatable bonds is 4. The van der Waals surface area contributed by atoms with Gasteiger partial charge in [0, 0.05) is 23.0 Å². The fourth-order valence-electron chi connectivity index (χ4n) is 2.49. The Morgan fingerprint density at radius 1 is 1.33 bits per heavy atom. The van der Waals surface area contributed by atoms with Crippen molar-refractivity contribution >= 4 is 16.9 Å². The summed E-state index contributed by atoms with van der Waals surface area (Å²) >= 11 is 0. The number of aliphatic carboxylic acids is 1. The molecule has 4 nitrogen and oxygen atoms in total. The number of nitrogens with one attached hydrogen (secondary N) is 1. The number of carboxylic acid groups (broad SMARTS) is 1. The van der Waals surface area contributed by atoms with Gasteiger partial charge in [0.1, 0.15) is 6.04 Å². The molecular formula is C14H18N2O2. The minimum atomic E-state index is -0.959. The van der Waals surface area contributed by atoms with E-state index in [1.807, 2.05) is 44.3 Å². The molecule has 0 fully saturated rings. The minimum Gasteiger partial charge on any atom is -0.480 e. The Labute approximate surface area is 106 Å². The van der Waals surface area contributed by atoms with Crippen LogP contribution in [0.2, 0.25) is 0 Å². The molecule has 1 aromatic heterocycles. The van der Waals surface area contributed by atoms with Crippen molar-refractivity contribution < 1.29 is 9.90 Å². The Kier molecular flexibility index (Phi) is 3.39. The molecule has 0 radical (unpaired) electrons. The quantitative estimate of drug-likeness (QED) is 0.774. The summed E-state index contributed by atoms with van der Waals surface area (Å²) in [5.41, 5.74) is 7.82. The number of aromatic nitrogens is 1. The molecule has 0 saturated heterocycles. The number of aromatic amines is 1. The normalized spacial score (nSPS) is 14.9. The number of benzene rings is 1. The summed E-state index contributed by atoms with van der Waals surface area (Å²) in [4.78, 5) is 14.3. The predicted molar refractivity (Wildman–Crippen MR) is 71.5 cm³/mol. The van der Waals surface area contributed by atoms with Crippen LogP contribution in [0.4, 0.5) is 0 Å². The van der Waals surface area contributed by atoms with Crippen LogP contribution in [0.3, 0.4) is 0 Å². The molecule has 0 bridgehead atoms. The zero-order valence-corrected chi connectivity index (χ0v) is 10.6. The minimum absolute atomic E-state index is 0.162. The van der Waals surface area contributed by atoms with Crippen LogP contribution >= 0.6 is 0 Å². The molecule has 0 amide bonds. The molecule has 1 aromatic carbocycles. The second-order valence-electron chi connectivity index (χ2n) is 4.92. The molecule has 0 unspecified atom stereocenters. The van der Waals surface area contributed by atoms with Crippen LogP contribution in [-0.4, -0.2) is 22.1 Å². The molecule has 2 atom stereocenters. The Hall–Kier alpha value is -1.81. The van der Waals surface area contributed by atoms with Crippen LogP contribution < -0.4 is 5.73 Å². The van der Waals surface area contributed by atoms with Gasteiger partial charge in [-0.15, -0.1) is 0 Å². The van der Waals surface area contributed by atoms with Crippen molar-refractivity contribution in [3.8, 4) is 0 Å². The molecule has 0 aliphatic carbocycles. The monoisotopic (exact) mass is 246 g/mol. The third-order valence-electron chi connectivity index (χ3n) is 3.37. The molecule has 18 heavy (non-hydrogen) atoms. The Bertz CT molecular complexity index is 560. The van der Waals surface area contributed by atoms with E-state index >= 15 is 0 Å². The number of para-hydroxylation sites is 1. The molecule has 0 aliphatic heterocycles. The topological polar surface area (TPSA) is 79.1 Å². The summed E-state index contributed by atoms with van der Waals surface area (Å²) in [6, 6.07) is 6.98. The van der Waals surface area contributed by atoms with Gasteiger partial charge < -0.3 is 15.8 Å². The highest BCUT2D eigenvalue weighted by molar-refractivity contribution is 5.85. The highest BCUT2D eigenvalue weighted by Crippen LogP contribution is 2.32. The number of fused-ring (bicyclic) bond motifs is 1. The molecule has 2 aromatic rings. The first kappa shape index (κ1) is 12.6. The molecule has 4 N–H and O–H groups in total. The fourth-order valence-corrected chi connectivity index (χ4v) is 2.49.